The maximum absolute atomic E-state index is 12.5. The molecule has 6 heteroatoms. The summed E-state index contributed by atoms with van der Waals surface area (Å²) in [4.78, 5) is 29.2. The van der Waals surface area contributed by atoms with Crippen LogP contribution in [0.1, 0.15) is 16.1 Å². The van der Waals surface area contributed by atoms with Gasteiger partial charge in [-0.1, -0.05) is 6.07 Å². The van der Waals surface area contributed by atoms with Crippen LogP contribution in [0.3, 0.4) is 0 Å². The highest BCUT2D eigenvalue weighted by Crippen LogP contribution is 2.21. The Morgan fingerprint density at radius 1 is 1.20 bits per heavy atom. The van der Waals surface area contributed by atoms with Gasteiger partial charge in [0, 0.05) is 36.1 Å². The van der Waals surface area contributed by atoms with Crippen molar-refractivity contribution < 1.29 is 9.53 Å². The molecule has 1 aliphatic heterocycles. The average molecular weight is 337 g/mol. The number of amides is 1. The van der Waals surface area contributed by atoms with E-state index in [1.807, 2.05) is 43.5 Å². The molecule has 0 unspecified atom stereocenters. The highest BCUT2D eigenvalue weighted by atomic mass is 16.5. The largest absolute Gasteiger partial charge is 0.486 e. The van der Waals surface area contributed by atoms with Crippen LogP contribution in [-0.4, -0.2) is 39.6 Å². The minimum Gasteiger partial charge on any atom is -0.486 e. The number of aryl methyl sites for hydroxylation is 1. The number of hydrogen-bond acceptors (Lipinski definition) is 3. The van der Waals surface area contributed by atoms with Crippen LogP contribution in [0.25, 0.3) is 10.9 Å². The summed E-state index contributed by atoms with van der Waals surface area (Å²) < 4.78 is 7.40. The van der Waals surface area contributed by atoms with E-state index in [1.165, 1.54) is 6.07 Å². The number of carbonyl (C=O) groups excluding carboxylic acids is 1. The van der Waals surface area contributed by atoms with Gasteiger partial charge in [-0.15, -0.1) is 0 Å². The summed E-state index contributed by atoms with van der Waals surface area (Å²) in [5.74, 6) is 0.557. The molecule has 0 radical (unpaired) electrons. The number of nitrogens with zero attached hydrogens (tertiary/aromatic N) is 2. The number of pyridine rings is 1. The lowest BCUT2D eigenvalue weighted by molar-refractivity contribution is 0.0177. The molecular formula is C19H19N3O3. The molecule has 1 aromatic carbocycles. The van der Waals surface area contributed by atoms with Gasteiger partial charge in [0.05, 0.1) is 13.1 Å². The van der Waals surface area contributed by atoms with Crippen molar-refractivity contribution in [2.75, 3.05) is 13.1 Å². The monoisotopic (exact) mass is 337 g/mol. The number of carbonyl (C=O) groups is 1. The molecule has 4 rings (SSSR count). The van der Waals surface area contributed by atoms with E-state index in [9.17, 15) is 9.59 Å². The lowest BCUT2D eigenvalue weighted by Gasteiger charge is -2.39. The molecule has 0 spiro atoms. The summed E-state index contributed by atoms with van der Waals surface area (Å²) in [6, 6.07) is 11.0. The Bertz CT molecular complexity index is 1010. The second-order valence-electron chi connectivity index (χ2n) is 6.46. The molecule has 2 aromatic heterocycles. The van der Waals surface area contributed by atoms with Crippen molar-refractivity contribution in [3.05, 3.63) is 64.2 Å². The Balaban J connectivity index is 1.41. The van der Waals surface area contributed by atoms with Crippen molar-refractivity contribution in [3.8, 4) is 5.75 Å². The number of aromatic nitrogens is 2. The molecule has 0 atom stereocenters. The highest BCUT2D eigenvalue weighted by Gasteiger charge is 2.33. The molecule has 25 heavy (non-hydrogen) atoms. The predicted octanol–water partition coefficient (Wildman–Crippen LogP) is 2.08. The summed E-state index contributed by atoms with van der Waals surface area (Å²) in [5.41, 5.74) is 2.36. The standard InChI is InChI=1S/C19H19N3O3/c1-12-7-15(9-18(23)21(12)2)25-16-10-22(11-16)19(24)14-4-3-13-5-6-20-17(13)8-14/h3-9,16,20H,10-11H2,1-2H3. The molecule has 1 aliphatic rings. The molecule has 128 valence electrons. The van der Waals surface area contributed by atoms with E-state index in [1.54, 1.807) is 16.5 Å². The van der Waals surface area contributed by atoms with Crippen molar-refractivity contribution in [2.45, 2.75) is 13.0 Å². The molecule has 1 N–H and O–H groups in total. The van der Waals surface area contributed by atoms with Gasteiger partial charge in [-0.25, -0.2) is 0 Å². The zero-order chi connectivity index (χ0) is 17.6. The molecule has 0 saturated carbocycles. The quantitative estimate of drug-likeness (QED) is 0.796. The van der Waals surface area contributed by atoms with Crippen LogP contribution in [0, 0.1) is 6.92 Å². The van der Waals surface area contributed by atoms with E-state index in [-0.39, 0.29) is 17.6 Å². The molecular weight excluding hydrogens is 318 g/mol. The fraction of sp³-hybridized carbons (Fsp3) is 0.263. The Hall–Kier alpha value is -3.02. The maximum Gasteiger partial charge on any atom is 0.254 e. The van der Waals surface area contributed by atoms with Crippen LogP contribution in [-0.2, 0) is 7.05 Å². The Kier molecular flexibility index (Phi) is 3.60. The third-order valence-electron chi connectivity index (χ3n) is 4.72. The van der Waals surface area contributed by atoms with Gasteiger partial charge in [0.15, 0.2) is 0 Å². The third-order valence-corrected chi connectivity index (χ3v) is 4.72. The van der Waals surface area contributed by atoms with Gasteiger partial charge >= 0.3 is 0 Å². The van der Waals surface area contributed by atoms with Crippen molar-refractivity contribution >= 4 is 16.8 Å². The molecule has 1 saturated heterocycles. The Morgan fingerprint density at radius 3 is 2.76 bits per heavy atom. The van der Waals surface area contributed by atoms with E-state index in [0.29, 0.717) is 24.4 Å². The lowest BCUT2D eigenvalue weighted by atomic mass is 10.1. The SMILES string of the molecule is Cc1cc(OC2CN(C(=O)c3ccc4cc[nH]c4c3)C2)cc(=O)n1C. The van der Waals surface area contributed by atoms with E-state index < -0.39 is 0 Å². The molecule has 3 aromatic rings. The van der Waals surface area contributed by atoms with Gasteiger partial charge in [-0.2, -0.15) is 0 Å². The summed E-state index contributed by atoms with van der Waals surface area (Å²) in [6.45, 7) is 2.91. The minimum absolute atomic E-state index is 0.00324. The predicted molar refractivity (Wildman–Crippen MR) is 95.0 cm³/mol. The summed E-state index contributed by atoms with van der Waals surface area (Å²) in [5, 5.41) is 1.09. The van der Waals surface area contributed by atoms with Crippen molar-refractivity contribution in [3.63, 3.8) is 0 Å². The normalized spacial score (nSPS) is 14.6. The second kappa shape index (κ2) is 5.81. The van der Waals surface area contributed by atoms with E-state index in [2.05, 4.69) is 4.98 Å². The Labute approximate surface area is 144 Å². The fourth-order valence-corrected chi connectivity index (χ4v) is 3.04. The van der Waals surface area contributed by atoms with E-state index in [4.69, 9.17) is 4.74 Å². The first kappa shape index (κ1) is 15.5. The molecule has 1 amide bonds. The van der Waals surface area contributed by atoms with Crippen LogP contribution < -0.4 is 10.3 Å². The molecule has 0 bridgehead atoms. The number of likely N-dealkylation sites (tertiary alicyclic amines) is 1. The van der Waals surface area contributed by atoms with Gasteiger partial charge in [0.2, 0.25) is 0 Å². The van der Waals surface area contributed by atoms with E-state index in [0.717, 1.165) is 16.6 Å². The topological polar surface area (TPSA) is 67.3 Å². The molecule has 6 nitrogen and oxygen atoms in total. The van der Waals surface area contributed by atoms with Gasteiger partial charge in [-0.05, 0) is 36.6 Å². The average Bonchev–Trinajstić information content (AvgIpc) is 3.02. The van der Waals surface area contributed by atoms with Crippen molar-refractivity contribution in [1.82, 2.24) is 14.5 Å². The molecule has 1 fully saturated rings. The number of benzene rings is 1. The van der Waals surface area contributed by atoms with E-state index >= 15 is 0 Å². The number of rotatable bonds is 3. The van der Waals surface area contributed by atoms with Gasteiger partial charge in [0.25, 0.3) is 11.5 Å². The number of ether oxygens (including phenoxy) is 1. The van der Waals surface area contributed by atoms with Crippen LogP contribution >= 0.6 is 0 Å². The maximum atomic E-state index is 12.5. The van der Waals surface area contributed by atoms with Crippen molar-refractivity contribution in [2.24, 2.45) is 7.05 Å². The zero-order valence-electron chi connectivity index (χ0n) is 14.2. The fourth-order valence-electron chi connectivity index (χ4n) is 3.04. The number of nitrogens with one attached hydrogen (secondary N) is 1. The number of hydrogen-bond donors (Lipinski definition) is 1. The first-order valence-corrected chi connectivity index (χ1v) is 8.22. The van der Waals surface area contributed by atoms with Crippen LogP contribution in [0.5, 0.6) is 5.75 Å². The summed E-state index contributed by atoms with van der Waals surface area (Å²) in [7, 11) is 1.73. The first-order chi connectivity index (χ1) is 12.0. The lowest BCUT2D eigenvalue weighted by Crippen LogP contribution is -2.56. The van der Waals surface area contributed by atoms with Crippen LogP contribution in [0.15, 0.2) is 47.4 Å². The summed E-state index contributed by atoms with van der Waals surface area (Å²) >= 11 is 0. The van der Waals surface area contributed by atoms with Gasteiger partial charge in [-0.3, -0.25) is 9.59 Å². The first-order valence-electron chi connectivity index (χ1n) is 8.22. The second-order valence-corrected chi connectivity index (χ2v) is 6.46. The minimum atomic E-state index is -0.0958. The smallest absolute Gasteiger partial charge is 0.254 e. The highest BCUT2D eigenvalue weighted by molar-refractivity contribution is 5.98. The molecule has 3 heterocycles. The van der Waals surface area contributed by atoms with Crippen molar-refractivity contribution in [1.29, 1.82) is 0 Å². The Morgan fingerprint density at radius 2 is 2.00 bits per heavy atom. The summed E-state index contributed by atoms with van der Waals surface area (Å²) in [6.07, 6.45) is 1.78. The number of aromatic amines is 1. The van der Waals surface area contributed by atoms with Crippen LogP contribution in [0.4, 0.5) is 0 Å². The van der Waals surface area contributed by atoms with Crippen LogP contribution in [0.2, 0.25) is 0 Å². The third kappa shape index (κ3) is 2.80. The number of fused-ring (bicyclic) bond motifs is 1. The van der Waals surface area contributed by atoms with Gasteiger partial charge in [0.1, 0.15) is 11.9 Å². The number of H-pyrrole nitrogens is 1. The van der Waals surface area contributed by atoms with Gasteiger partial charge < -0.3 is 19.2 Å². The zero-order valence-corrected chi connectivity index (χ0v) is 14.2. The molecule has 0 aliphatic carbocycles.